The number of nitrogens with one attached hydrogen (secondary N) is 1. The predicted octanol–water partition coefficient (Wildman–Crippen LogP) is 1.83. The predicted molar refractivity (Wildman–Crippen MR) is 50.6 cm³/mol. The topological polar surface area (TPSA) is 58.6 Å². The van der Waals surface area contributed by atoms with Crippen LogP contribution in [0.2, 0.25) is 0 Å². The van der Waals surface area contributed by atoms with Gasteiger partial charge >= 0.3 is 6.09 Å². The maximum atomic E-state index is 10.9. The normalized spacial score (nSPS) is 13.2. The second-order valence-electron chi connectivity index (χ2n) is 3.93. The fourth-order valence-corrected chi connectivity index (χ4v) is 0.976. The first-order chi connectivity index (χ1) is 5.79. The average Bonchev–Trinajstić information content (AvgIpc) is 1.96. The third-order valence-electron chi connectivity index (χ3n) is 1.65. The third kappa shape index (κ3) is 3.83. The Bertz CT molecular complexity index is 205. The molecule has 0 fully saturated rings. The van der Waals surface area contributed by atoms with E-state index in [-0.39, 0.29) is 11.2 Å². The molecule has 0 rings (SSSR count). The van der Waals surface area contributed by atoms with Gasteiger partial charge in [-0.3, -0.25) is 0 Å². The molecule has 0 aliphatic rings. The molecule has 0 radical (unpaired) electrons. The molecule has 1 atom stereocenters. The zero-order valence-electron chi connectivity index (χ0n) is 8.55. The summed E-state index contributed by atoms with van der Waals surface area (Å²) >= 11 is 0. The number of carbonyl (C=O) groups is 1. The highest BCUT2D eigenvalue weighted by molar-refractivity contribution is 5.67. The summed E-state index contributed by atoms with van der Waals surface area (Å²) in [6.45, 7) is 9.05. The molecule has 1 amide bonds. The van der Waals surface area contributed by atoms with Gasteiger partial charge in [0.2, 0.25) is 0 Å². The van der Waals surface area contributed by atoms with Crippen molar-refractivity contribution in [3.8, 4) is 0 Å². The van der Waals surface area contributed by atoms with Gasteiger partial charge in [-0.15, -0.1) is 0 Å². The minimum absolute atomic E-state index is 0.0714. The van der Waals surface area contributed by atoms with Crippen LogP contribution in [0.4, 0.5) is 4.79 Å². The van der Waals surface area contributed by atoms with Crippen LogP contribution in [0.3, 0.4) is 0 Å². The Hall–Kier alpha value is -1.19. The van der Waals surface area contributed by atoms with E-state index in [1.54, 1.807) is 0 Å². The average molecular weight is 187 g/mol. The Morgan fingerprint density at radius 2 is 2.00 bits per heavy atom. The summed E-state index contributed by atoms with van der Waals surface area (Å²) < 4.78 is 4.42. The second-order valence-corrected chi connectivity index (χ2v) is 3.93. The van der Waals surface area contributed by atoms with Crippen molar-refractivity contribution in [3.05, 3.63) is 12.3 Å². The van der Waals surface area contributed by atoms with Crippen molar-refractivity contribution in [1.29, 1.82) is 0 Å². The first kappa shape index (κ1) is 11.8. The van der Waals surface area contributed by atoms with E-state index in [4.69, 9.17) is 0 Å². The largest absolute Gasteiger partial charge is 0.511 e. The van der Waals surface area contributed by atoms with Crippen molar-refractivity contribution in [2.45, 2.75) is 26.8 Å². The molecule has 0 aliphatic heterocycles. The van der Waals surface area contributed by atoms with Crippen molar-refractivity contribution in [2.75, 3.05) is 7.11 Å². The number of hydrogen-bond acceptors (Lipinski definition) is 3. The fraction of sp³-hybridized carbons (Fsp3) is 0.667. The number of carbonyl (C=O) groups excluding carboxylic acids is 1. The number of alkyl carbamates (subject to hydrolysis) is 1. The minimum Gasteiger partial charge on any atom is -0.511 e. The third-order valence-corrected chi connectivity index (χ3v) is 1.65. The van der Waals surface area contributed by atoms with E-state index in [2.05, 4.69) is 16.6 Å². The zero-order chi connectivity index (χ0) is 10.6. The highest BCUT2D eigenvalue weighted by atomic mass is 16.5. The Kier molecular flexibility index (Phi) is 3.78. The van der Waals surface area contributed by atoms with Crippen LogP contribution in [0.15, 0.2) is 12.3 Å². The van der Waals surface area contributed by atoms with Crippen molar-refractivity contribution >= 4 is 6.09 Å². The Morgan fingerprint density at radius 3 is 2.23 bits per heavy atom. The number of rotatable bonds is 2. The fourth-order valence-electron chi connectivity index (χ4n) is 0.976. The number of aliphatic hydroxyl groups excluding tert-OH is 1. The maximum Gasteiger partial charge on any atom is 0.407 e. The molecule has 2 N–H and O–H groups in total. The number of amides is 1. The number of ether oxygens (including phenoxy) is 1. The second kappa shape index (κ2) is 4.16. The molecular weight excluding hydrogens is 170 g/mol. The minimum atomic E-state index is -0.574. The summed E-state index contributed by atoms with van der Waals surface area (Å²) in [7, 11) is 1.27. The van der Waals surface area contributed by atoms with Crippen LogP contribution in [-0.2, 0) is 4.74 Å². The molecule has 0 spiro atoms. The van der Waals surface area contributed by atoms with E-state index in [0.717, 1.165) is 0 Å². The number of methoxy groups -OCH3 is 1. The molecule has 4 heteroatoms. The van der Waals surface area contributed by atoms with Crippen molar-refractivity contribution in [3.63, 3.8) is 0 Å². The molecule has 0 aliphatic carbocycles. The lowest BCUT2D eigenvalue weighted by Gasteiger charge is -2.29. The van der Waals surface area contributed by atoms with Gasteiger partial charge in [0, 0.05) is 0 Å². The first-order valence-electron chi connectivity index (χ1n) is 4.01. The first-order valence-corrected chi connectivity index (χ1v) is 4.01. The lowest BCUT2D eigenvalue weighted by Crippen LogP contribution is -2.44. The van der Waals surface area contributed by atoms with Gasteiger partial charge in [0.25, 0.3) is 0 Å². The number of aliphatic hydroxyl groups is 1. The van der Waals surface area contributed by atoms with Crippen molar-refractivity contribution < 1.29 is 14.6 Å². The monoisotopic (exact) mass is 187 g/mol. The van der Waals surface area contributed by atoms with Gasteiger partial charge in [-0.05, 0) is 5.41 Å². The molecule has 0 aromatic rings. The summed E-state index contributed by atoms with van der Waals surface area (Å²) in [5, 5.41) is 11.7. The van der Waals surface area contributed by atoms with E-state index < -0.39 is 12.1 Å². The van der Waals surface area contributed by atoms with Gasteiger partial charge in [-0.2, -0.15) is 0 Å². The molecule has 0 saturated heterocycles. The Labute approximate surface area is 78.6 Å². The van der Waals surface area contributed by atoms with Gasteiger partial charge in [-0.1, -0.05) is 27.4 Å². The molecule has 0 aromatic carbocycles. The van der Waals surface area contributed by atoms with E-state index in [9.17, 15) is 9.90 Å². The van der Waals surface area contributed by atoms with Gasteiger partial charge in [-0.25, -0.2) is 4.79 Å². The van der Waals surface area contributed by atoms with Gasteiger partial charge in [0.05, 0.1) is 13.2 Å². The van der Waals surface area contributed by atoms with Crippen LogP contribution >= 0.6 is 0 Å². The molecule has 0 aromatic heterocycles. The highest BCUT2D eigenvalue weighted by Crippen LogP contribution is 2.22. The number of hydrogen-bond donors (Lipinski definition) is 2. The molecule has 0 unspecified atom stereocenters. The summed E-state index contributed by atoms with van der Waals surface area (Å²) in [5.74, 6) is -0.0714. The van der Waals surface area contributed by atoms with Crippen LogP contribution < -0.4 is 5.32 Å². The van der Waals surface area contributed by atoms with Gasteiger partial charge in [0.15, 0.2) is 0 Å². The zero-order valence-corrected chi connectivity index (χ0v) is 8.55. The molecule has 0 heterocycles. The van der Waals surface area contributed by atoms with Crippen LogP contribution in [-0.4, -0.2) is 24.4 Å². The smallest absolute Gasteiger partial charge is 0.407 e. The molecular formula is C9H17NO3. The summed E-state index contributed by atoms with van der Waals surface area (Å²) in [6.07, 6.45) is -0.574. The maximum absolute atomic E-state index is 10.9. The lowest BCUT2D eigenvalue weighted by molar-refractivity contribution is 0.150. The van der Waals surface area contributed by atoms with Crippen LogP contribution in [0, 0.1) is 5.41 Å². The molecule has 0 bridgehead atoms. The summed E-state index contributed by atoms with van der Waals surface area (Å²) in [6, 6.07) is -0.500. The van der Waals surface area contributed by atoms with Crippen molar-refractivity contribution in [2.24, 2.45) is 5.41 Å². The van der Waals surface area contributed by atoms with Gasteiger partial charge in [0.1, 0.15) is 5.76 Å². The van der Waals surface area contributed by atoms with Crippen LogP contribution in [0.25, 0.3) is 0 Å². The molecule has 76 valence electrons. The quantitative estimate of drug-likeness (QED) is 0.648. The van der Waals surface area contributed by atoms with E-state index in [0.29, 0.717) is 0 Å². The lowest BCUT2D eigenvalue weighted by atomic mass is 9.86. The van der Waals surface area contributed by atoms with Crippen LogP contribution in [0.5, 0.6) is 0 Å². The SMILES string of the molecule is C=C(O)[C@@H](NC(=O)OC)C(C)(C)C. The van der Waals surface area contributed by atoms with E-state index in [1.165, 1.54) is 7.11 Å². The van der Waals surface area contributed by atoms with Gasteiger partial charge < -0.3 is 15.2 Å². The highest BCUT2D eigenvalue weighted by Gasteiger charge is 2.28. The van der Waals surface area contributed by atoms with Crippen LogP contribution in [0.1, 0.15) is 20.8 Å². The molecule has 4 nitrogen and oxygen atoms in total. The van der Waals surface area contributed by atoms with E-state index >= 15 is 0 Å². The molecule has 13 heavy (non-hydrogen) atoms. The Balaban J connectivity index is 4.46. The summed E-state index contributed by atoms with van der Waals surface area (Å²) in [5.41, 5.74) is -0.292. The summed E-state index contributed by atoms with van der Waals surface area (Å²) in [4.78, 5) is 10.9. The molecule has 0 saturated carbocycles. The Morgan fingerprint density at radius 1 is 1.54 bits per heavy atom. The van der Waals surface area contributed by atoms with E-state index in [1.807, 2.05) is 20.8 Å². The standard InChI is InChI=1S/C9H17NO3/c1-6(11)7(9(2,3)4)10-8(12)13-5/h7,11H,1H2,2-5H3,(H,10,12)/t7-/m1/s1. The van der Waals surface area contributed by atoms with Crippen molar-refractivity contribution in [1.82, 2.24) is 5.32 Å².